The molecule has 0 radical (unpaired) electrons. The maximum atomic E-state index is 12.2. The molecule has 2 unspecified atom stereocenters. The zero-order chi connectivity index (χ0) is 14.8. The molecule has 0 saturated carbocycles. The van der Waals surface area contributed by atoms with Gasteiger partial charge in [0.25, 0.3) is 0 Å². The summed E-state index contributed by atoms with van der Waals surface area (Å²) in [5, 5.41) is 9.79. The molecule has 1 aromatic rings. The number of carboxylic acids is 1. The summed E-state index contributed by atoms with van der Waals surface area (Å²) in [5.74, 6) is -1.08. The van der Waals surface area contributed by atoms with E-state index in [4.69, 9.17) is 0 Å². The molecule has 0 aromatic heterocycles. The van der Waals surface area contributed by atoms with Crippen LogP contribution in [0, 0.1) is 5.92 Å². The molecular formula is C16H19NO3. The van der Waals surface area contributed by atoms with Gasteiger partial charge in [-0.3, -0.25) is 4.79 Å². The second-order valence-electron chi connectivity index (χ2n) is 5.09. The van der Waals surface area contributed by atoms with Gasteiger partial charge in [0.05, 0.1) is 0 Å². The average molecular weight is 273 g/mol. The third kappa shape index (κ3) is 2.11. The maximum absolute atomic E-state index is 12.2. The number of rotatable bonds is 5. The van der Waals surface area contributed by atoms with Crippen molar-refractivity contribution in [2.45, 2.75) is 25.3 Å². The number of carbonyl (C=O) groups is 2. The smallest absolute Gasteiger partial charge is 0.334 e. The third-order valence-electron chi connectivity index (χ3n) is 4.07. The van der Waals surface area contributed by atoms with Crippen LogP contribution >= 0.6 is 0 Å². The first-order valence-corrected chi connectivity index (χ1v) is 6.78. The number of nitrogens with zero attached hydrogens (tertiary/aromatic N) is 1. The Hall–Kier alpha value is -2.10. The fourth-order valence-electron chi connectivity index (χ4n) is 2.92. The fraction of sp³-hybridized carbons (Fsp3) is 0.375. The van der Waals surface area contributed by atoms with Gasteiger partial charge in [0, 0.05) is 18.9 Å². The summed E-state index contributed by atoms with van der Waals surface area (Å²) in [6.45, 7) is 5.93. The molecule has 1 aromatic carbocycles. The maximum Gasteiger partial charge on any atom is 0.334 e. The Morgan fingerprint density at radius 2 is 2.15 bits per heavy atom. The van der Waals surface area contributed by atoms with Crippen LogP contribution in [0.25, 0.3) is 0 Å². The van der Waals surface area contributed by atoms with E-state index in [-0.39, 0.29) is 11.8 Å². The molecule has 0 spiro atoms. The van der Waals surface area contributed by atoms with Crippen molar-refractivity contribution in [1.82, 2.24) is 4.90 Å². The molecule has 1 amide bonds. The zero-order valence-electron chi connectivity index (χ0n) is 11.6. The van der Waals surface area contributed by atoms with Crippen LogP contribution in [0.4, 0.5) is 0 Å². The summed E-state index contributed by atoms with van der Waals surface area (Å²) in [4.78, 5) is 25.7. The van der Waals surface area contributed by atoms with Gasteiger partial charge in [0.1, 0.15) is 0 Å². The van der Waals surface area contributed by atoms with Crippen molar-refractivity contribution in [2.24, 2.45) is 5.92 Å². The monoisotopic (exact) mass is 273 g/mol. The van der Waals surface area contributed by atoms with Crippen molar-refractivity contribution in [3.63, 3.8) is 0 Å². The van der Waals surface area contributed by atoms with Gasteiger partial charge in [0.15, 0.2) is 5.54 Å². The predicted octanol–water partition coefficient (Wildman–Crippen LogP) is 2.41. The minimum Gasteiger partial charge on any atom is -0.479 e. The minimum atomic E-state index is -1.28. The highest BCUT2D eigenvalue weighted by molar-refractivity contribution is 5.89. The lowest BCUT2D eigenvalue weighted by molar-refractivity contribution is -0.158. The Morgan fingerprint density at radius 3 is 2.60 bits per heavy atom. The van der Waals surface area contributed by atoms with E-state index >= 15 is 0 Å². The van der Waals surface area contributed by atoms with E-state index < -0.39 is 11.5 Å². The van der Waals surface area contributed by atoms with Crippen LogP contribution in [-0.4, -0.2) is 28.4 Å². The summed E-state index contributed by atoms with van der Waals surface area (Å²) in [6, 6.07) is 8.98. The molecule has 20 heavy (non-hydrogen) atoms. The van der Waals surface area contributed by atoms with Gasteiger partial charge >= 0.3 is 5.97 Å². The van der Waals surface area contributed by atoms with Crippen LogP contribution in [0.5, 0.6) is 0 Å². The lowest BCUT2D eigenvalue weighted by Crippen LogP contribution is -2.52. The SMILES string of the molecule is C=CC1CC(=O)N(C(CC)(C(=O)O)c2ccccc2)C1. The summed E-state index contributed by atoms with van der Waals surface area (Å²) < 4.78 is 0. The van der Waals surface area contributed by atoms with Gasteiger partial charge in [-0.25, -0.2) is 4.79 Å². The highest BCUT2D eigenvalue weighted by atomic mass is 16.4. The van der Waals surface area contributed by atoms with Crippen molar-refractivity contribution >= 4 is 11.9 Å². The van der Waals surface area contributed by atoms with Crippen LogP contribution in [0.2, 0.25) is 0 Å². The number of amides is 1. The summed E-state index contributed by atoms with van der Waals surface area (Å²) in [6.07, 6.45) is 2.40. The van der Waals surface area contributed by atoms with E-state index in [2.05, 4.69) is 6.58 Å². The van der Waals surface area contributed by atoms with Gasteiger partial charge in [-0.1, -0.05) is 43.3 Å². The van der Waals surface area contributed by atoms with Crippen LogP contribution < -0.4 is 0 Å². The first kappa shape index (κ1) is 14.3. The molecule has 0 bridgehead atoms. The summed E-state index contributed by atoms with van der Waals surface area (Å²) in [5.41, 5.74) is -0.635. The van der Waals surface area contributed by atoms with Gasteiger partial charge in [-0.15, -0.1) is 6.58 Å². The number of likely N-dealkylation sites (tertiary alicyclic amines) is 1. The second-order valence-corrected chi connectivity index (χ2v) is 5.09. The van der Waals surface area contributed by atoms with Crippen molar-refractivity contribution in [1.29, 1.82) is 0 Å². The number of carboxylic acid groups (broad SMARTS) is 1. The van der Waals surface area contributed by atoms with Crippen molar-refractivity contribution < 1.29 is 14.7 Å². The number of aliphatic carboxylic acids is 1. The lowest BCUT2D eigenvalue weighted by atomic mass is 9.85. The molecular weight excluding hydrogens is 254 g/mol. The molecule has 1 aliphatic heterocycles. The largest absolute Gasteiger partial charge is 0.479 e. The van der Waals surface area contributed by atoms with Gasteiger partial charge in [-0.2, -0.15) is 0 Å². The standard InChI is InChI=1S/C16H19NO3/c1-3-12-10-14(18)17(11-12)16(4-2,15(19)20)13-8-6-5-7-9-13/h3,5-9,12H,1,4,10-11H2,2H3,(H,19,20). The van der Waals surface area contributed by atoms with Gasteiger partial charge in [0.2, 0.25) is 5.91 Å². The Balaban J connectivity index is 2.51. The molecule has 1 N–H and O–H groups in total. The minimum absolute atomic E-state index is 0.0245. The fourth-order valence-corrected chi connectivity index (χ4v) is 2.92. The first-order chi connectivity index (χ1) is 9.56. The van der Waals surface area contributed by atoms with Gasteiger partial charge < -0.3 is 10.0 Å². The Kier molecular flexibility index (Phi) is 3.93. The first-order valence-electron chi connectivity index (χ1n) is 6.78. The van der Waals surface area contributed by atoms with E-state index in [9.17, 15) is 14.7 Å². The van der Waals surface area contributed by atoms with E-state index in [1.165, 1.54) is 4.90 Å². The number of hydrogen-bond acceptors (Lipinski definition) is 2. The van der Waals surface area contributed by atoms with Crippen molar-refractivity contribution in [3.8, 4) is 0 Å². The Morgan fingerprint density at radius 1 is 1.50 bits per heavy atom. The predicted molar refractivity (Wildman–Crippen MR) is 76.1 cm³/mol. The van der Waals surface area contributed by atoms with Gasteiger partial charge in [-0.05, 0) is 12.0 Å². The molecule has 0 aliphatic carbocycles. The molecule has 1 aliphatic rings. The zero-order valence-corrected chi connectivity index (χ0v) is 11.6. The van der Waals surface area contributed by atoms with Crippen LogP contribution in [-0.2, 0) is 15.1 Å². The Bertz CT molecular complexity index is 526. The molecule has 2 rings (SSSR count). The van der Waals surface area contributed by atoms with Crippen LogP contribution in [0.15, 0.2) is 43.0 Å². The number of benzene rings is 1. The highest BCUT2D eigenvalue weighted by Crippen LogP contribution is 2.37. The average Bonchev–Trinajstić information content (AvgIpc) is 2.83. The van der Waals surface area contributed by atoms with Crippen LogP contribution in [0.1, 0.15) is 25.3 Å². The molecule has 2 atom stereocenters. The Labute approximate surface area is 118 Å². The molecule has 1 heterocycles. The summed E-state index contributed by atoms with van der Waals surface area (Å²) >= 11 is 0. The van der Waals surface area contributed by atoms with E-state index in [1.54, 1.807) is 37.3 Å². The van der Waals surface area contributed by atoms with E-state index in [0.717, 1.165) is 0 Å². The number of hydrogen-bond donors (Lipinski definition) is 1. The molecule has 4 nitrogen and oxygen atoms in total. The number of carbonyl (C=O) groups excluding carboxylic acids is 1. The van der Waals surface area contributed by atoms with E-state index in [0.29, 0.717) is 24.9 Å². The quantitative estimate of drug-likeness (QED) is 0.838. The second kappa shape index (κ2) is 5.49. The molecule has 106 valence electrons. The third-order valence-corrected chi connectivity index (χ3v) is 4.07. The highest BCUT2D eigenvalue weighted by Gasteiger charge is 2.49. The molecule has 1 fully saturated rings. The van der Waals surface area contributed by atoms with E-state index in [1.807, 2.05) is 6.07 Å². The molecule has 1 saturated heterocycles. The van der Waals surface area contributed by atoms with Crippen molar-refractivity contribution in [3.05, 3.63) is 48.6 Å². The molecule has 4 heteroatoms. The normalized spacial score (nSPS) is 21.6. The van der Waals surface area contributed by atoms with Crippen molar-refractivity contribution in [2.75, 3.05) is 6.54 Å². The topological polar surface area (TPSA) is 57.6 Å². The lowest BCUT2D eigenvalue weighted by Gasteiger charge is -2.38. The summed E-state index contributed by atoms with van der Waals surface area (Å²) in [7, 11) is 0. The van der Waals surface area contributed by atoms with Crippen LogP contribution in [0.3, 0.4) is 0 Å².